The van der Waals surface area contributed by atoms with Gasteiger partial charge in [0.2, 0.25) is 0 Å². The zero-order valence-corrected chi connectivity index (χ0v) is 12.9. The van der Waals surface area contributed by atoms with E-state index in [0.29, 0.717) is 22.9 Å². The molecule has 2 aromatic carbocycles. The van der Waals surface area contributed by atoms with Crippen molar-refractivity contribution in [1.29, 1.82) is 0 Å². The first-order valence-electron chi connectivity index (χ1n) is 7.09. The first-order valence-corrected chi connectivity index (χ1v) is 8.41. The molecule has 3 rings (SSSR count). The highest BCUT2D eigenvalue weighted by Gasteiger charge is 2.23. The van der Waals surface area contributed by atoms with E-state index in [4.69, 9.17) is 10.5 Å². The van der Waals surface area contributed by atoms with E-state index in [-0.39, 0.29) is 6.10 Å². The Morgan fingerprint density at radius 2 is 2.05 bits per heavy atom. The minimum absolute atomic E-state index is 0.115. The lowest BCUT2D eigenvalue weighted by molar-refractivity contribution is 0.0582. The van der Waals surface area contributed by atoms with Crippen molar-refractivity contribution >= 4 is 16.5 Å². The molecule has 3 nitrogen and oxygen atoms in total. The average molecular weight is 301 g/mol. The summed E-state index contributed by atoms with van der Waals surface area (Å²) in [6, 6.07) is 13.9. The number of fused-ring (bicyclic) bond motifs is 1. The topological polar surface area (TPSA) is 52.3 Å². The van der Waals surface area contributed by atoms with Crippen LogP contribution in [0.15, 0.2) is 47.4 Å². The van der Waals surface area contributed by atoms with E-state index >= 15 is 0 Å². The lowest BCUT2D eigenvalue weighted by Crippen LogP contribution is -2.21. The van der Waals surface area contributed by atoms with Gasteiger partial charge >= 0.3 is 0 Å². The van der Waals surface area contributed by atoms with Crippen molar-refractivity contribution in [3.8, 4) is 0 Å². The van der Waals surface area contributed by atoms with Crippen molar-refractivity contribution in [2.75, 3.05) is 18.1 Å². The zero-order chi connectivity index (χ0) is 14.8. The summed E-state index contributed by atoms with van der Waals surface area (Å²) in [6.45, 7) is 2.62. The number of ether oxygens (including phenoxy) is 1. The standard InChI is InChI=1S/C17H19NO2S/c1-12-5-4-8-16(17(12)18)21(19)11-15-14-7-3-2-6-13(14)9-10-20-15/h2-8,15H,9-11,18H2,1H3. The van der Waals surface area contributed by atoms with Crippen molar-refractivity contribution in [2.45, 2.75) is 24.3 Å². The first-order chi connectivity index (χ1) is 10.2. The molecule has 0 fully saturated rings. The predicted molar refractivity (Wildman–Crippen MR) is 85.7 cm³/mol. The van der Waals surface area contributed by atoms with Gasteiger partial charge < -0.3 is 10.5 Å². The molecular formula is C17H19NO2S. The molecule has 2 N–H and O–H groups in total. The second-order valence-corrected chi connectivity index (χ2v) is 6.77. The number of anilines is 1. The third-order valence-corrected chi connectivity index (χ3v) is 5.38. The van der Waals surface area contributed by atoms with Crippen LogP contribution in [-0.2, 0) is 22.0 Å². The fourth-order valence-electron chi connectivity index (χ4n) is 2.69. The molecule has 0 aliphatic carbocycles. The number of aryl methyl sites for hydroxylation is 1. The Hall–Kier alpha value is -1.65. The van der Waals surface area contributed by atoms with Gasteiger partial charge in [-0.15, -0.1) is 0 Å². The molecule has 0 saturated carbocycles. The minimum Gasteiger partial charge on any atom is -0.398 e. The van der Waals surface area contributed by atoms with Gasteiger partial charge in [-0.1, -0.05) is 36.4 Å². The van der Waals surface area contributed by atoms with Crippen LogP contribution < -0.4 is 5.73 Å². The molecule has 0 amide bonds. The van der Waals surface area contributed by atoms with Crippen LogP contribution in [0.5, 0.6) is 0 Å². The lowest BCUT2D eigenvalue weighted by Gasteiger charge is -2.26. The number of nitrogen functional groups attached to an aromatic ring is 1. The molecule has 0 spiro atoms. The molecule has 2 atom stereocenters. The van der Waals surface area contributed by atoms with Gasteiger partial charge in [-0.25, -0.2) is 0 Å². The third kappa shape index (κ3) is 2.87. The van der Waals surface area contributed by atoms with E-state index in [1.807, 2.05) is 37.3 Å². The van der Waals surface area contributed by atoms with Gasteiger partial charge in [-0.2, -0.15) is 0 Å². The highest BCUT2D eigenvalue weighted by molar-refractivity contribution is 7.85. The molecule has 2 unspecified atom stereocenters. The summed E-state index contributed by atoms with van der Waals surface area (Å²) in [6.07, 6.45) is 0.807. The average Bonchev–Trinajstić information content (AvgIpc) is 2.50. The quantitative estimate of drug-likeness (QED) is 0.887. The second-order valence-electron chi connectivity index (χ2n) is 5.31. The van der Waals surface area contributed by atoms with Gasteiger partial charge in [0.05, 0.1) is 39.8 Å². The Kier molecular flexibility index (Phi) is 4.08. The van der Waals surface area contributed by atoms with Crippen molar-refractivity contribution < 1.29 is 8.95 Å². The third-order valence-electron chi connectivity index (χ3n) is 3.92. The monoisotopic (exact) mass is 301 g/mol. The van der Waals surface area contributed by atoms with E-state index in [9.17, 15) is 4.21 Å². The molecule has 1 heterocycles. The van der Waals surface area contributed by atoms with Crippen molar-refractivity contribution in [3.05, 3.63) is 59.2 Å². The number of para-hydroxylation sites is 1. The van der Waals surface area contributed by atoms with E-state index in [1.165, 1.54) is 5.56 Å². The Bertz CT molecular complexity index is 684. The van der Waals surface area contributed by atoms with Crippen LogP contribution >= 0.6 is 0 Å². The number of nitrogens with two attached hydrogens (primary N) is 1. The summed E-state index contributed by atoms with van der Waals surface area (Å²) in [4.78, 5) is 0.710. The predicted octanol–water partition coefficient (Wildman–Crippen LogP) is 3.00. The molecule has 110 valence electrons. The summed E-state index contributed by atoms with van der Waals surface area (Å²) >= 11 is 0. The Morgan fingerprint density at radius 3 is 2.90 bits per heavy atom. The molecule has 4 heteroatoms. The van der Waals surface area contributed by atoms with Gasteiger partial charge in [0, 0.05) is 0 Å². The summed E-state index contributed by atoms with van der Waals surface area (Å²) < 4.78 is 18.5. The highest BCUT2D eigenvalue weighted by Crippen LogP contribution is 2.30. The molecular weight excluding hydrogens is 282 g/mol. The largest absolute Gasteiger partial charge is 0.398 e. The van der Waals surface area contributed by atoms with E-state index in [0.717, 1.165) is 17.5 Å². The number of hydrogen-bond acceptors (Lipinski definition) is 3. The summed E-state index contributed by atoms with van der Waals surface area (Å²) in [5.41, 5.74) is 10.1. The normalized spacial score (nSPS) is 19.0. The van der Waals surface area contributed by atoms with Crippen molar-refractivity contribution in [1.82, 2.24) is 0 Å². The SMILES string of the molecule is Cc1cccc(S(=O)CC2OCCc3ccccc32)c1N. The van der Waals surface area contributed by atoms with E-state index < -0.39 is 10.8 Å². The Balaban J connectivity index is 1.85. The van der Waals surface area contributed by atoms with Crippen LogP contribution in [0.25, 0.3) is 0 Å². The van der Waals surface area contributed by atoms with Crippen LogP contribution in [0.3, 0.4) is 0 Å². The van der Waals surface area contributed by atoms with Gasteiger partial charge in [0.15, 0.2) is 0 Å². The molecule has 0 aromatic heterocycles. The maximum atomic E-state index is 12.6. The molecule has 0 radical (unpaired) electrons. The Labute approximate surface area is 127 Å². The van der Waals surface area contributed by atoms with Crippen molar-refractivity contribution in [2.24, 2.45) is 0 Å². The van der Waals surface area contributed by atoms with Gasteiger partial charge in [0.1, 0.15) is 0 Å². The second kappa shape index (κ2) is 6.00. The van der Waals surface area contributed by atoms with Crippen LogP contribution in [-0.4, -0.2) is 16.6 Å². The van der Waals surface area contributed by atoms with Crippen molar-refractivity contribution in [3.63, 3.8) is 0 Å². The van der Waals surface area contributed by atoms with Crippen LogP contribution in [0.4, 0.5) is 5.69 Å². The van der Waals surface area contributed by atoms with Crippen LogP contribution in [0.1, 0.15) is 22.8 Å². The summed E-state index contributed by atoms with van der Waals surface area (Å²) in [5.74, 6) is 0.449. The minimum atomic E-state index is -1.16. The maximum absolute atomic E-state index is 12.6. The smallest absolute Gasteiger partial charge is 0.0946 e. The van der Waals surface area contributed by atoms with E-state index in [2.05, 4.69) is 12.1 Å². The number of benzene rings is 2. The number of hydrogen-bond donors (Lipinski definition) is 1. The lowest BCUT2D eigenvalue weighted by atomic mass is 9.99. The molecule has 1 aliphatic rings. The highest BCUT2D eigenvalue weighted by atomic mass is 32.2. The maximum Gasteiger partial charge on any atom is 0.0946 e. The molecule has 2 aromatic rings. The fourth-order valence-corrected chi connectivity index (χ4v) is 4.06. The van der Waals surface area contributed by atoms with Crippen LogP contribution in [0, 0.1) is 6.92 Å². The molecule has 0 saturated heterocycles. The molecule has 0 bridgehead atoms. The Morgan fingerprint density at radius 1 is 1.24 bits per heavy atom. The fraction of sp³-hybridized carbons (Fsp3) is 0.294. The van der Waals surface area contributed by atoms with E-state index in [1.54, 1.807) is 0 Å². The van der Waals surface area contributed by atoms with Gasteiger partial charge in [0.25, 0.3) is 0 Å². The molecule has 1 aliphatic heterocycles. The first kappa shape index (κ1) is 14.3. The van der Waals surface area contributed by atoms with Gasteiger partial charge in [-0.05, 0) is 36.1 Å². The molecule has 21 heavy (non-hydrogen) atoms. The summed E-state index contributed by atoms with van der Waals surface area (Å²) in [5, 5.41) is 0. The van der Waals surface area contributed by atoms with Crippen LogP contribution in [0.2, 0.25) is 0 Å². The zero-order valence-electron chi connectivity index (χ0n) is 12.0. The summed E-state index contributed by atoms with van der Waals surface area (Å²) in [7, 11) is -1.16. The van der Waals surface area contributed by atoms with Gasteiger partial charge in [-0.3, -0.25) is 4.21 Å². The number of rotatable bonds is 3.